The lowest BCUT2D eigenvalue weighted by Crippen LogP contribution is -2.38. The maximum atomic E-state index is 4.80. The molecule has 1 aliphatic heterocycles. The number of aryl methyl sites for hydroxylation is 3. The number of nitrogens with zero attached hydrogens (tertiary/aromatic N) is 8. The predicted octanol–water partition coefficient (Wildman–Crippen LogP) is 2.36. The van der Waals surface area contributed by atoms with Crippen LogP contribution >= 0.6 is 0 Å². The summed E-state index contributed by atoms with van der Waals surface area (Å²) in [6, 6.07) is 0. The molecular formula is C19H21N9. The Morgan fingerprint density at radius 1 is 1.07 bits per heavy atom. The first-order valence-electron chi connectivity index (χ1n) is 9.49. The minimum atomic E-state index is 0.748. The summed E-state index contributed by atoms with van der Waals surface area (Å²) in [6.07, 6.45) is 7.23. The number of H-pyrrole nitrogens is 1. The first kappa shape index (κ1) is 16.8. The first-order valence-corrected chi connectivity index (χ1v) is 9.49. The molecule has 0 aromatic carbocycles. The summed E-state index contributed by atoms with van der Waals surface area (Å²) >= 11 is 0. The van der Waals surface area contributed by atoms with Gasteiger partial charge in [0, 0.05) is 25.0 Å². The average molecular weight is 375 g/mol. The highest BCUT2D eigenvalue weighted by Crippen LogP contribution is 2.36. The molecule has 142 valence electrons. The van der Waals surface area contributed by atoms with Crippen LogP contribution in [0.1, 0.15) is 30.6 Å². The molecule has 1 aliphatic rings. The molecule has 1 fully saturated rings. The number of aromatic amines is 1. The molecular weight excluding hydrogens is 354 g/mol. The van der Waals surface area contributed by atoms with Crippen LogP contribution in [0, 0.1) is 13.8 Å². The zero-order valence-corrected chi connectivity index (χ0v) is 16.1. The summed E-state index contributed by atoms with van der Waals surface area (Å²) in [7, 11) is 0. The third-order valence-electron chi connectivity index (χ3n) is 5.23. The van der Waals surface area contributed by atoms with Crippen LogP contribution in [0.2, 0.25) is 0 Å². The molecule has 4 aromatic rings. The van der Waals surface area contributed by atoms with E-state index in [1.165, 1.54) is 6.42 Å². The maximum Gasteiger partial charge on any atom is 0.158 e. The number of anilines is 1. The quantitative estimate of drug-likeness (QED) is 0.584. The number of hydrogen-bond acceptors (Lipinski definition) is 7. The summed E-state index contributed by atoms with van der Waals surface area (Å²) in [5, 5.41) is 12.1. The molecule has 0 bridgehead atoms. The second kappa shape index (κ2) is 6.36. The highest BCUT2D eigenvalue weighted by atomic mass is 15.3. The fourth-order valence-electron chi connectivity index (χ4n) is 3.56. The van der Waals surface area contributed by atoms with Gasteiger partial charge in [0.2, 0.25) is 0 Å². The maximum absolute atomic E-state index is 4.80. The molecule has 0 unspecified atom stereocenters. The van der Waals surface area contributed by atoms with Crippen molar-refractivity contribution in [2.75, 3.05) is 18.0 Å². The van der Waals surface area contributed by atoms with Gasteiger partial charge in [-0.25, -0.2) is 14.5 Å². The van der Waals surface area contributed by atoms with Crippen molar-refractivity contribution in [1.29, 1.82) is 0 Å². The second-order valence-electron chi connectivity index (χ2n) is 7.01. The average Bonchev–Trinajstić information content (AvgIpc) is 3.21. The van der Waals surface area contributed by atoms with Crippen molar-refractivity contribution in [1.82, 2.24) is 39.7 Å². The fourth-order valence-corrected chi connectivity index (χ4v) is 3.56. The van der Waals surface area contributed by atoms with Crippen LogP contribution < -0.4 is 4.90 Å². The molecule has 0 radical (unpaired) electrons. The standard InChI is InChI=1S/C19H21N9/c1-4-13-8-21-14(9-20-13)15-11(2)25-26-16(15)17-18-19(27-6-5-7-27)22-10-23-28(18)12(3)24-17/h8-10H,4-7H2,1-3H3,(H,25,26). The van der Waals surface area contributed by atoms with Crippen LogP contribution in [-0.2, 0) is 6.42 Å². The van der Waals surface area contributed by atoms with Gasteiger partial charge in [0.15, 0.2) is 5.82 Å². The van der Waals surface area contributed by atoms with Crippen LogP contribution in [0.15, 0.2) is 18.7 Å². The molecule has 0 spiro atoms. The number of aromatic nitrogens is 8. The van der Waals surface area contributed by atoms with Crippen molar-refractivity contribution < 1.29 is 0 Å². The van der Waals surface area contributed by atoms with E-state index in [1.807, 2.05) is 24.6 Å². The van der Waals surface area contributed by atoms with E-state index in [0.717, 1.165) is 70.7 Å². The van der Waals surface area contributed by atoms with Gasteiger partial charge in [0.25, 0.3) is 0 Å². The lowest BCUT2D eigenvalue weighted by molar-refractivity contribution is 0.608. The minimum Gasteiger partial charge on any atom is -0.355 e. The molecule has 28 heavy (non-hydrogen) atoms. The Labute approximate surface area is 161 Å². The molecule has 5 rings (SSSR count). The van der Waals surface area contributed by atoms with Gasteiger partial charge in [-0.05, 0) is 26.7 Å². The first-order chi connectivity index (χ1) is 13.7. The molecule has 5 heterocycles. The topological polar surface area (TPSA) is 101 Å². The summed E-state index contributed by atoms with van der Waals surface area (Å²) in [4.78, 5) is 20.7. The van der Waals surface area contributed by atoms with E-state index in [4.69, 9.17) is 4.98 Å². The van der Waals surface area contributed by atoms with Crippen LogP contribution in [-0.4, -0.2) is 52.8 Å². The molecule has 0 saturated carbocycles. The third-order valence-corrected chi connectivity index (χ3v) is 5.23. The van der Waals surface area contributed by atoms with E-state index in [9.17, 15) is 0 Å². The minimum absolute atomic E-state index is 0.748. The zero-order chi connectivity index (χ0) is 19.3. The van der Waals surface area contributed by atoms with Crippen LogP contribution in [0.3, 0.4) is 0 Å². The van der Waals surface area contributed by atoms with Crippen molar-refractivity contribution in [3.63, 3.8) is 0 Å². The van der Waals surface area contributed by atoms with E-state index in [1.54, 1.807) is 12.5 Å². The summed E-state index contributed by atoms with van der Waals surface area (Å²) in [5.41, 5.74) is 5.97. The van der Waals surface area contributed by atoms with Crippen molar-refractivity contribution >= 4 is 11.3 Å². The van der Waals surface area contributed by atoms with Crippen molar-refractivity contribution in [2.45, 2.75) is 33.6 Å². The van der Waals surface area contributed by atoms with E-state index < -0.39 is 0 Å². The number of fused-ring (bicyclic) bond motifs is 1. The Kier molecular flexibility index (Phi) is 3.81. The zero-order valence-electron chi connectivity index (χ0n) is 16.1. The predicted molar refractivity (Wildman–Crippen MR) is 105 cm³/mol. The van der Waals surface area contributed by atoms with Gasteiger partial charge in [-0.2, -0.15) is 10.2 Å². The summed E-state index contributed by atoms with van der Waals surface area (Å²) < 4.78 is 1.84. The normalized spacial score (nSPS) is 13.9. The monoisotopic (exact) mass is 375 g/mol. The highest BCUT2D eigenvalue weighted by Gasteiger charge is 2.27. The number of hydrogen-bond donors (Lipinski definition) is 1. The summed E-state index contributed by atoms with van der Waals surface area (Å²) in [6.45, 7) is 7.98. The van der Waals surface area contributed by atoms with Gasteiger partial charge in [0.1, 0.15) is 29.1 Å². The third kappa shape index (κ3) is 2.46. The van der Waals surface area contributed by atoms with Gasteiger partial charge in [0.05, 0.1) is 23.1 Å². The van der Waals surface area contributed by atoms with Crippen LogP contribution in [0.25, 0.3) is 28.2 Å². The lowest BCUT2D eigenvalue weighted by Gasteiger charge is -2.32. The van der Waals surface area contributed by atoms with E-state index >= 15 is 0 Å². The number of nitrogens with one attached hydrogen (secondary N) is 1. The van der Waals surface area contributed by atoms with Gasteiger partial charge >= 0.3 is 0 Å². The molecule has 9 nitrogen and oxygen atoms in total. The lowest BCUT2D eigenvalue weighted by atomic mass is 10.1. The van der Waals surface area contributed by atoms with E-state index in [2.05, 4.69) is 42.1 Å². The van der Waals surface area contributed by atoms with E-state index in [0.29, 0.717) is 0 Å². The number of imidazole rings is 1. The molecule has 0 amide bonds. The molecule has 0 atom stereocenters. The van der Waals surface area contributed by atoms with Crippen LogP contribution in [0.4, 0.5) is 5.82 Å². The second-order valence-corrected chi connectivity index (χ2v) is 7.01. The molecule has 9 heteroatoms. The molecule has 1 N–H and O–H groups in total. The van der Waals surface area contributed by atoms with Crippen LogP contribution in [0.5, 0.6) is 0 Å². The van der Waals surface area contributed by atoms with Crippen molar-refractivity contribution in [3.8, 4) is 22.6 Å². The molecule has 4 aromatic heterocycles. The van der Waals surface area contributed by atoms with Crippen molar-refractivity contribution in [2.24, 2.45) is 0 Å². The largest absolute Gasteiger partial charge is 0.355 e. The Bertz CT molecular complexity index is 1150. The smallest absolute Gasteiger partial charge is 0.158 e. The Morgan fingerprint density at radius 2 is 1.93 bits per heavy atom. The number of rotatable bonds is 4. The van der Waals surface area contributed by atoms with Gasteiger partial charge < -0.3 is 4.90 Å². The van der Waals surface area contributed by atoms with Gasteiger partial charge in [-0.15, -0.1) is 0 Å². The Morgan fingerprint density at radius 3 is 2.61 bits per heavy atom. The van der Waals surface area contributed by atoms with E-state index in [-0.39, 0.29) is 0 Å². The summed E-state index contributed by atoms with van der Waals surface area (Å²) in [5.74, 6) is 1.70. The SMILES string of the molecule is CCc1cnc(-c2c(-c3nc(C)n4ncnc(N5CCC5)c34)n[nH]c2C)cn1. The van der Waals surface area contributed by atoms with Gasteiger partial charge in [-0.1, -0.05) is 6.92 Å². The molecule has 1 saturated heterocycles. The highest BCUT2D eigenvalue weighted by molar-refractivity contribution is 5.91. The van der Waals surface area contributed by atoms with Crippen molar-refractivity contribution in [3.05, 3.63) is 35.9 Å². The Balaban J connectivity index is 1.73. The fraction of sp³-hybridized carbons (Fsp3) is 0.368. The molecule has 0 aliphatic carbocycles. The van der Waals surface area contributed by atoms with Gasteiger partial charge in [-0.3, -0.25) is 15.1 Å². The Hall–Kier alpha value is -3.36.